The minimum absolute atomic E-state index is 0. The van der Waals surface area contributed by atoms with Gasteiger partial charge in [-0.2, -0.15) is 26.3 Å². The summed E-state index contributed by atoms with van der Waals surface area (Å²) in [6, 6.07) is 36.5. The van der Waals surface area contributed by atoms with E-state index in [1.54, 1.807) is 0 Å². The number of nitrogens with zero attached hydrogens (tertiary/aromatic N) is 2. The molecule has 0 aliphatic carbocycles. The monoisotopic (exact) mass is 739 g/mol. The van der Waals surface area contributed by atoms with Gasteiger partial charge in [0.1, 0.15) is 15.9 Å². The molecule has 39 heavy (non-hydrogen) atoms. The van der Waals surface area contributed by atoms with Crippen LogP contribution in [-0.4, -0.2) is 4.98 Å². The first kappa shape index (κ1) is 30.4. The quantitative estimate of drug-likeness (QED) is 0.114. The maximum absolute atomic E-state index is 12.7. The van der Waals surface area contributed by atoms with Crippen molar-refractivity contribution in [2.75, 3.05) is 0 Å². The molecule has 0 saturated carbocycles. The van der Waals surface area contributed by atoms with Gasteiger partial charge < -0.3 is 4.98 Å². The first-order valence-electron chi connectivity index (χ1n) is 11.4. The van der Waals surface area contributed by atoms with Crippen LogP contribution in [0.3, 0.4) is 0 Å². The van der Waals surface area contributed by atoms with Crippen molar-refractivity contribution in [3.8, 4) is 11.4 Å². The van der Waals surface area contributed by atoms with Crippen molar-refractivity contribution in [2.45, 2.75) is 12.4 Å². The molecule has 0 spiro atoms. The second-order valence-corrected chi connectivity index (χ2v) is 10.6. The van der Waals surface area contributed by atoms with E-state index >= 15 is 0 Å². The Morgan fingerprint density at radius 2 is 1.00 bits per heavy atom. The average Bonchev–Trinajstić information content (AvgIpc) is 3.39. The van der Waals surface area contributed by atoms with Gasteiger partial charge in [-0.25, -0.2) is 0 Å². The van der Waals surface area contributed by atoms with Gasteiger partial charge in [-0.15, -0.1) is 0 Å². The molecule has 0 aliphatic rings. The van der Waals surface area contributed by atoms with Crippen molar-refractivity contribution in [3.05, 3.63) is 133 Å². The van der Waals surface area contributed by atoms with E-state index in [4.69, 9.17) is 0 Å². The van der Waals surface area contributed by atoms with Crippen LogP contribution < -0.4 is 20.9 Å². The average molecular weight is 739 g/mol. The van der Waals surface area contributed by atoms with Crippen LogP contribution in [0.15, 0.2) is 121 Å². The molecule has 2 heterocycles. The molecule has 0 fully saturated rings. The molecule has 5 aromatic rings. The zero-order valence-corrected chi connectivity index (χ0v) is 23.2. The minimum Gasteiger partial charge on any atom is -0.652 e. The first-order valence-corrected chi connectivity index (χ1v) is 12.9. The Hall–Kier alpha value is -3.16. The standard InChI is InChI=1S/C18H15P.C11H5F6N2.Au/c1-4-10-16(11-5-1)19(17-12-6-2-7-13-17)18-14-8-3-9-15-18;12-10(13,14)6-5-8(11(15,16)17)19-9(6)7-3-1-2-4-18-7;/h1-15H;1-5H;/q;-1;+1/p+1. The summed E-state index contributed by atoms with van der Waals surface area (Å²) in [6.07, 6.45) is -8.69. The largest absolute Gasteiger partial charge is 1.00 e. The van der Waals surface area contributed by atoms with E-state index in [9.17, 15) is 26.3 Å². The van der Waals surface area contributed by atoms with Crippen LogP contribution in [-0.2, 0) is 34.7 Å². The third-order valence-electron chi connectivity index (χ3n) is 5.46. The van der Waals surface area contributed by atoms with Gasteiger partial charge in [0.15, 0.2) is 0 Å². The molecule has 2 aromatic heterocycles. The molecule has 5 rings (SSSR count). The van der Waals surface area contributed by atoms with Gasteiger partial charge >= 0.3 is 34.7 Å². The molecule has 0 unspecified atom stereocenters. The summed E-state index contributed by atoms with van der Waals surface area (Å²) in [6.45, 7) is 0. The summed E-state index contributed by atoms with van der Waals surface area (Å²) in [5.41, 5.74) is -4.11. The van der Waals surface area contributed by atoms with E-state index in [0.717, 1.165) is 6.07 Å². The Bertz CT molecular complexity index is 1330. The van der Waals surface area contributed by atoms with E-state index in [1.807, 2.05) is 0 Å². The maximum atomic E-state index is 12.7. The van der Waals surface area contributed by atoms with Crippen LogP contribution in [0.4, 0.5) is 26.3 Å². The van der Waals surface area contributed by atoms with Crippen molar-refractivity contribution in [3.63, 3.8) is 0 Å². The number of halogens is 6. The third-order valence-corrected chi connectivity index (χ3v) is 8.19. The second kappa shape index (κ2) is 13.3. The maximum Gasteiger partial charge on any atom is 1.00 e. The Kier molecular flexibility index (Phi) is 10.3. The number of hydrogen-bond acceptors (Lipinski definition) is 1. The predicted molar refractivity (Wildman–Crippen MR) is 140 cm³/mol. The molecular formula is C29H21AuF6N2P+. The zero-order valence-electron chi connectivity index (χ0n) is 20.0. The molecule has 0 saturated heterocycles. The van der Waals surface area contributed by atoms with Gasteiger partial charge in [0, 0.05) is 17.5 Å². The number of hydrogen-bond donors (Lipinski definition) is 0. The number of rotatable bonds is 4. The Morgan fingerprint density at radius 1 is 0.564 bits per heavy atom. The van der Waals surface area contributed by atoms with Crippen molar-refractivity contribution < 1.29 is 48.7 Å². The van der Waals surface area contributed by atoms with E-state index < -0.39 is 37.2 Å². The van der Waals surface area contributed by atoms with Crippen molar-refractivity contribution >= 4 is 23.8 Å². The number of alkyl halides is 6. The van der Waals surface area contributed by atoms with E-state index in [2.05, 4.69) is 101 Å². The van der Waals surface area contributed by atoms with Gasteiger partial charge in [-0.1, -0.05) is 78.1 Å². The molecule has 0 amide bonds. The molecule has 0 atom stereocenters. The molecule has 3 aromatic carbocycles. The third kappa shape index (κ3) is 7.93. The number of benzene rings is 3. The molecule has 204 valence electrons. The van der Waals surface area contributed by atoms with E-state index in [1.165, 1.54) is 34.2 Å². The summed E-state index contributed by atoms with van der Waals surface area (Å²) < 4.78 is 75.4. The van der Waals surface area contributed by atoms with Crippen LogP contribution in [0.2, 0.25) is 0 Å². The fourth-order valence-corrected chi connectivity index (χ4v) is 6.37. The summed E-state index contributed by atoms with van der Waals surface area (Å²) in [7, 11) is -0.877. The summed E-state index contributed by atoms with van der Waals surface area (Å²) in [5.74, 6) is 0. The Balaban J connectivity index is 0.000000210. The minimum atomic E-state index is -4.94. The van der Waals surface area contributed by atoms with Crippen LogP contribution in [0, 0.1) is 0 Å². The zero-order chi connectivity index (χ0) is 27.2. The van der Waals surface area contributed by atoms with Gasteiger partial charge in [0.25, 0.3) is 0 Å². The normalized spacial score (nSPS) is 11.4. The topological polar surface area (TPSA) is 27.0 Å². The van der Waals surface area contributed by atoms with Gasteiger partial charge in [0.2, 0.25) is 0 Å². The summed E-state index contributed by atoms with van der Waals surface area (Å²) in [5, 5.41) is 4.31. The Labute approximate surface area is 238 Å². The van der Waals surface area contributed by atoms with Gasteiger partial charge in [-0.05, 0) is 48.5 Å². The van der Waals surface area contributed by atoms with Crippen molar-refractivity contribution in [1.82, 2.24) is 9.97 Å². The van der Waals surface area contributed by atoms with E-state index in [-0.39, 0.29) is 34.1 Å². The molecule has 2 nitrogen and oxygen atoms in total. The molecule has 0 aliphatic heterocycles. The smallest absolute Gasteiger partial charge is 0.652 e. The summed E-state index contributed by atoms with van der Waals surface area (Å²) >= 11 is 0. The first-order chi connectivity index (χ1) is 18.1. The van der Waals surface area contributed by atoms with E-state index in [0.29, 0.717) is 0 Å². The van der Waals surface area contributed by atoms with Gasteiger partial charge in [0.05, 0.1) is 7.92 Å². The van der Waals surface area contributed by atoms with Crippen LogP contribution in [0.5, 0.6) is 0 Å². The van der Waals surface area contributed by atoms with Gasteiger partial charge in [-0.3, -0.25) is 4.98 Å². The number of pyridine rings is 1. The second-order valence-electron chi connectivity index (χ2n) is 8.09. The van der Waals surface area contributed by atoms with Crippen LogP contribution in [0.1, 0.15) is 11.3 Å². The van der Waals surface area contributed by atoms with Crippen LogP contribution >= 0.6 is 7.92 Å². The predicted octanol–water partition coefficient (Wildman–Crippen LogP) is 6.92. The summed E-state index contributed by atoms with van der Waals surface area (Å²) in [4.78, 5) is 6.60. The SMILES string of the molecule is FC(F)(F)c1cc(C(F)(F)F)c(-c2ccccn2)[n-]1.[Au+].c1ccc([PH+](c2ccccc2)c2ccccc2)cc1. The molecular weight excluding hydrogens is 718 g/mol. The molecule has 0 N–H and O–H groups in total. The fraction of sp³-hybridized carbons (Fsp3) is 0.0690. The molecule has 0 radical (unpaired) electrons. The Morgan fingerprint density at radius 3 is 1.36 bits per heavy atom. The fourth-order valence-electron chi connectivity index (χ4n) is 3.79. The van der Waals surface area contributed by atoms with Crippen molar-refractivity contribution in [1.29, 1.82) is 0 Å². The number of aromatic nitrogens is 2. The molecule has 0 bridgehead atoms. The van der Waals surface area contributed by atoms with Crippen molar-refractivity contribution in [2.24, 2.45) is 0 Å². The molecule has 10 heteroatoms. The van der Waals surface area contributed by atoms with Crippen LogP contribution in [0.25, 0.3) is 11.4 Å².